The molecule has 6 heteroatoms. The third-order valence-corrected chi connectivity index (χ3v) is 4.62. The van der Waals surface area contributed by atoms with E-state index in [1.54, 1.807) is 0 Å². The highest BCUT2D eigenvalue weighted by Gasteiger charge is 2.29. The normalized spacial score (nSPS) is 12.3. The number of nitrogens with zero attached hydrogens (tertiary/aromatic N) is 3. The van der Waals surface area contributed by atoms with Gasteiger partial charge in [-0.25, -0.2) is 0 Å². The minimum Gasteiger partial charge on any atom is -0.505 e. The Labute approximate surface area is 151 Å². The van der Waals surface area contributed by atoms with Crippen LogP contribution in [0.2, 0.25) is 0 Å². The van der Waals surface area contributed by atoms with Crippen LogP contribution in [0.5, 0.6) is 5.75 Å². The number of fused-ring (bicyclic) bond motifs is 4. The van der Waals surface area contributed by atoms with Gasteiger partial charge < -0.3 is 10.4 Å². The molecule has 4 rings (SSSR count). The van der Waals surface area contributed by atoms with E-state index in [-0.39, 0.29) is 11.3 Å². The van der Waals surface area contributed by atoms with Crippen LogP contribution in [-0.2, 0) is 10.2 Å². The quantitative estimate of drug-likeness (QED) is 0.551. The Hall–Kier alpha value is -3.15. The fourth-order valence-corrected chi connectivity index (χ4v) is 3.30. The maximum Gasteiger partial charge on any atom is 0.247 e. The van der Waals surface area contributed by atoms with Crippen molar-refractivity contribution < 1.29 is 9.90 Å². The number of anilines is 1. The first kappa shape index (κ1) is 16.3. The van der Waals surface area contributed by atoms with Crippen LogP contribution in [0.25, 0.3) is 16.7 Å². The minimum atomic E-state index is -0.241. The Morgan fingerprint density at radius 1 is 1.15 bits per heavy atom. The molecule has 0 bridgehead atoms. The summed E-state index contributed by atoms with van der Waals surface area (Å²) in [5, 5.41) is 13.6. The van der Waals surface area contributed by atoms with E-state index in [4.69, 9.17) is 0 Å². The van der Waals surface area contributed by atoms with Crippen LogP contribution in [0, 0.1) is 6.92 Å². The fraction of sp³-hybridized carbons (Fsp3) is 0.250. The van der Waals surface area contributed by atoms with Gasteiger partial charge in [0.05, 0.1) is 0 Å². The average Bonchev–Trinajstić information content (AvgIpc) is 3.22. The number of nitrogens with one attached hydrogen (secondary N) is 1. The van der Waals surface area contributed by atoms with Crippen molar-refractivity contribution in [2.45, 2.75) is 33.1 Å². The van der Waals surface area contributed by atoms with Crippen molar-refractivity contribution in [1.29, 1.82) is 0 Å². The zero-order valence-corrected chi connectivity index (χ0v) is 15.4. The molecule has 6 nitrogen and oxygen atoms in total. The standard InChI is InChI=1S/C20H22N4O2/c1-6-18(25)21-13-7-8-15-16(11-13)23-22(15)24(23)17-10-12(2)9-14(19(17)26)20(3,4)5/h6-11,26H,1H2,2-5H3,(H,21,25). The molecule has 4 aromatic rings. The molecule has 0 atom stereocenters. The van der Waals surface area contributed by atoms with Crippen LogP contribution in [0.1, 0.15) is 31.9 Å². The number of aryl methyl sites for hydroxylation is 1. The molecule has 0 spiro atoms. The van der Waals surface area contributed by atoms with E-state index in [0.29, 0.717) is 11.4 Å². The first-order valence-corrected chi connectivity index (χ1v) is 8.54. The van der Waals surface area contributed by atoms with Crippen molar-refractivity contribution in [2.24, 2.45) is 0 Å². The smallest absolute Gasteiger partial charge is 0.247 e. The van der Waals surface area contributed by atoms with Crippen molar-refractivity contribution in [3.05, 3.63) is 54.1 Å². The van der Waals surface area contributed by atoms with Crippen molar-refractivity contribution in [3.63, 3.8) is 0 Å². The third kappa shape index (κ3) is 2.29. The summed E-state index contributed by atoms with van der Waals surface area (Å²) >= 11 is 0. The van der Waals surface area contributed by atoms with Gasteiger partial charge >= 0.3 is 0 Å². The van der Waals surface area contributed by atoms with Crippen molar-refractivity contribution >= 4 is 22.6 Å². The summed E-state index contributed by atoms with van der Waals surface area (Å²) in [7, 11) is 0. The molecular weight excluding hydrogens is 328 g/mol. The van der Waals surface area contributed by atoms with Crippen LogP contribution in [-0.4, -0.2) is 25.1 Å². The van der Waals surface area contributed by atoms with E-state index >= 15 is 0 Å². The summed E-state index contributed by atoms with van der Waals surface area (Å²) in [6, 6.07) is 9.71. The molecule has 0 saturated heterocycles. The Bertz CT molecular complexity index is 1150. The lowest BCUT2D eigenvalue weighted by atomic mass is 9.85. The molecule has 2 aromatic carbocycles. The van der Waals surface area contributed by atoms with E-state index in [2.05, 4.69) is 32.7 Å². The van der Waals surface area contributed by atoms with Crippen LogP contribution in [0.3, 0.4) is 0 Å². The first-order chi connectivity index (χ1) is 12.2. The SMILES string of the molecule is C=CC(=O)Nc1ccc2c(c1)n1n(-c3cc(C)cc(C(C)(C)C)c3O)n21. The van der Waals surface area contributed by atoms with Gasteiger partial charge in [0.15, 0.2) is 0 Å². The van der Waals surface area contributed by atoms with Gasteiger partial charge in [0.25, 0.3) is 0 Å². The minimum absolute atomic E-state index is 0.153. The van der Waals surface area contributed by atoms with Gasteiger partial charge in [-0.15, -0.1) is 14.1 Å². The highest BCUT2D eigenvalue weighted by Crippen LogP contribution is 2.38. The second-order valence-electron chi connectivity index (χ2n) is 7.70. The van der Waals surface area contributed by atoms with Gasteiger partial charge in [-0.1, -0.05) is 33.4 Å². The zero-order valence-electron chi connectivity index (χ0n) is 15.4. The zero-order chi connectivity index (χ0) is 18.8. The summed E-state index contributed by atoms with van der Waals surface area (Å²) in [5.74, 6) is 0.0542. The van der Waals surface area contributed by atoms with Crippen LogP contribution in [0.15, 0.2) is 43.0 Å². The maximum absolute atomic E-state index is 11.5. The first-order valence-electron chi connectivity index (χ1n) is 8.54. The molecule has 0 saturated carbocycles. The average molecular weight is 350 g/mol. The molecule has 0 aliphatic heterocycles. The molecule has 0 aliphatic carbocycles. The molecule has 0 aliphatic rings. The summed E-state index contributed by atoms with van der Waals surface area (Å²) < 4.78 is 3.94. The predicted octanol–water partition coefficient (Wildman–Crippen LogP) is 3.86. The number of carbonyl (C=O) groups excluding carboxylic acids is 1. The van der Waals surface area contributed by atoms with E-state index < -0.39 is 0 Å². The lowest BCUT2D eigenvalue weighted by Gasteiger charge is -2.21. The second-order valence-corrected chi connectivity index (χ2v) is 7.70. The Balaban J connectivity index is 1.82. The van der Waals surface area contributed by atoms with Gasteiger partial charge in [0, 0.05) is 11.3 Å². The highest BCUT2D eigenvalue weighted by atomic mass is 16.3. The second kappa shape index (κ2) is 5.17. The number of phenolic OH excluding ortho intramolecular Hbond substituents is 1. The number of rotatable bonds is 3. The topological polar surface area (TPSA) is 63.1 Å². The number of phenols is 1. The Kier molecular flexibility index (Phi) is 3.25. The highest BCUT2D eigenvalue weighted by molar-refractivity contribution is 6.00. The van der Waals surface area contributed by atoms with Crippen molar-refractivity contribution in [1.82, 2.24) is 14.1 Å². The van der Waals surface area contributed by atoms with E-state index in [1.807, 2.05) is 51.3 Å². The maximum atomic E-state index is 11.5. The van der Waals surface area contributed by atoms with Crippen LogP contribution < -0.4 is 5.32 Å². The number of benzene rings is 2. The lowest BCUT2D eigenvalue weighted by molar-refractivity contribution is -0.111. The van der Waals surface area contributed by atoms with Gasteiger partial charge in [0.1, 0.15) is 22.5 Å². The largest absolute Gasteiger partial charge is 0.505 e. The van der Waals surface area contributed by atoms with E-state index in [1.165, 1.54) is 6.08 Å². The summed E-state index contributed by atoms with van der Waals surface area (Å²) in [5.41, 5.74) is 5.33. The van der Waals surface area contributed by atoms with E-state index in [0.717, 1.165) is 27.8 Å². The summed E-state index contributed by atoms with van der Waals surface area (Å²) in [6.45, 7) is 11.8. The van der Waals surface area contributed by atoms with Crippen LogP contribution >= 0.6 is 0 Å². The molecule has 2 aromatic heterocycles. The van der Waals surface area contributed by atoms with Gasteiger partial charge in [-0.3, -0.25) is 4.79 Å². The van der Waals surface area contributed by atoms with Crippen LogP contribution in [0.4, 0.5) is 5.69 Å². The molecule has 1 amide bonds. The van der Waals surface area contributed by atoms with Gasteiger partial charge in [0.2, 0.25) is 5.91 Å². The molecule has 134 valence electrons. The predicted molar refractivity (Wildman–Crippen MR) is 103 cm³/mol. The fourth-order valence-electron chi connectivity index (χ4n) is 3.30. The molecule has 2 heterocycles. The van der Waals surface area contributed by atoms with Crippen molar-refractivity contribution in [2.75, 3.05) is 5.32 Å². The van der Waals surface area contributed by atoms with E-state index in [9.17, 15) is 9.90 Å². The molecule has 0 unspecified atom stereocenters. The number of hydrogen-bond donors (Lipinski definition) is 2. The van der Waals surface area contributed by atoms with Gasteiger partial charge in [-0.2, -0.15) is 0 Å². The number of aromatic hydroxyl groups is 1. The number of aromatic nitrogens is 3. The number of carbonyl (C=O) groups is 1. The molecule has 26 heavy (non-hydrogen) atoms. The Morgan fingerprint density at radius 2 is 1.85 bits per heavy atom. The Morgan fingerprint density at radius 3 is 2.50 bits per heavy atom. The third-order valence-electron chi connectivity index (χ3n) is 4.62. The van der Waals surface area contributed by atoms with Crippen molar-refractivity contribution in [3.8, 4) is 11.4 Å². The van der Waals surface area contributed by atoms with Gasteiger partial charge in [-0.05, 0) is 48.2 Å². The molecular formula is C20H22N4O2. The summed E-state index contributed by atoms with van der Waals surface area (Å²) in [4.78, 5) is 13.4. The summed E-state index contributed by atoms with van der Waals surface area (Å²) in [6.07, 6.45) is 1.24. The lowest BCUT2D eigenvalue weighted by Crippen LogP contribution is -2.12. The molecule has 0 radical (unpaired) electrons. The number of amides is 1. The number of hydrogen-bond acceptors (Lipinski definition) is 2. The molecule has 2 N–H and O–H groups in total. The monoisotopic (exact) mass is 350 g/mol. The molecule has 0 fully saturated rings.